The molecule has 0 aliphatic carbocycles. The number of benzene rings is 1. The molecule has 1 atom stereocenters. The maximum atomic E-state index is 13.5. The van der Waals surface area contributed by atoms with Gasteiger partial charge in [-0.15, -0.1) is 0 Å². The van der Waals surface area contributed by atoms with E-state index in [9.17, 15) is 18.0 Å². The molecular weight excluding hydrogens is 400 g/mol. The maximum absolute atomic E-state index is 13.5. The second-order valence-electron chi connectivity index (χ2n) is 6.62. The summed E-state index contributed by atoms with van der Waals surface area (Å²) >= 11 is 0. The van der Waals surface area contributed by atoms with Gasteiger partial charge in [-0.05, 0) is 36.6 Å². The average Bonchev–Trinajstić information content (AvgIpc) is 3.20. The Bertz CT molecular complexity index is 909. The van der Waals surface area contributed by atoms with Gasteiger partial charge in [0.1, 0.15) is 10.9 Å². The summed E-state index contributed by atoms with van der Waals surface area (Å²) in [7, 11) is 3.07. The number of ether oxygens (including phenoxy) is 3. The Morgan fingerprint density at radius 3 is 2.41 bits per heavy atom. The number of esters is 1. The van der Waals surface area contributed by atoms with E-state index in [0.717, 1.165) is 0 Å². The van der Waals surface area contributed by atoms with E-state index in [2.05, 4.69) is 4.74 Å². The van der Waals surface area contributed by atoms with Crippen molar-refractivity contribution >= 4 is 28.0 Å². The topological polar surface area (TPSA) is 102 Å². The number of sulfonamides is 1. The highest BCUT2D eigenvalue weighted by molar-refractivity contribution is 7.89. The summed E-state index contributed by atoms with van der Waals surface area (Å²) in [5, 5.41) is 0. The van der Waals surface area contributed by atoms with Crippen LogP contribution in [0.1, 0.15) is 18.4 Å². The van der Waals surface area contributed by atoms with Crippen LogP contribution in [-0.4, -0.2) is 77.5 Å². The standard InChI is InChI=1S/C19H26N2O7S/c1-20(2)19(23)14-7-6-10-21(14)29(24,25)16-12-13(8-9-17(22)27-4)11-15(26-3)18(16)28-5/h8-9,11-12,14H,6-7,10H2,1-5H3/b9-8+. The molecule has 1 aromatic rings. The van der Waals surface area contributed by atoms with Gasteiger partial charge in [0.25, 0.3) is 0 Å². The van der Waals surface area contributed by atoms with E-state index in [1.54, 1.807) is 20.2 Å². The van der Waals surface area contributed by atoms with Crippen LogP contribution in [0.2, 0.25) is 0 Å². The van der Waals surface area contributed by atoms with E-state index in [1.165, 1.54) is 48.8 Å². The van der Waals surface area contributed by atoms with Crippen molar-refractivity contribution < 1.29 is 32.2 Å². The summed E-state index contributed by atoms with van der Waals surface area (Å²) in [5.41, 5.74) is 0.404. The second kappa shape index (κ2) is 9.27. The Labute approximate surface area is 170 Å². The van der Waals surface area contributed by atoms with Gasteiger partial charge in [-0.1, -0.05) is 0 Å². The highest BCUT2D eigenvalue weighted by atomic mass is 32.2. The zero-order valence-electron chi connectivity index (χ0n) is 17.2. The molecule has 0 saturated carbocycles. The molecular formula is C19H26N2O7S. The number of hydrogen-bond donors (Lipinski definition) is 0. The Kier molecular flexibility index (Phi) is 7.26. The van der Waals surface area contributed by atoms with E-state index in [-0.39, 0.29) is 28.8 Å². The van der Waals surface area contributed by atoms with Crippen molar-refractivity contribution in [1.29, 1.82) is 0 Å². The Morgan fingerprint density at radius 2 is 1.86 bits per heavy atom. The van der Waals surface area contributed by atoms with Crippen LogP contribution in [0.3, 0.4) is 0 Å². The van der Waals surface area contributed by atoms with Crippen LogP contribution in [0.5, 0.6) is 11.5 Å². The number of rotatable bonds is 7. The van der Waals surface area contributed by atoms with Gasteiger partial charge < -0.3 is 19.1 Å². The zero-order valence-corrected chi connectivity index (χ0v) is 18.0. The molecule has 0 aromatic heterocycles. The monoisotopic (exact) mass is 426 g/mol. The molecule has 1 unspecified atom stereocenters. The molecule has 10 heteroatoms. The molecule has 1 amide bonds. The van der Waals surface area contributed by atoms with Crippen molar-refractivity contribution in [3.05, 3.63) is 23.8 Å². The highest BCUT2D eigenvalue weighted by Gasteiger charge is 2.41. The van der Waals surface area contributed by atoms with Gasteiger partial charge in [-0.2, -0.15) is 4.31 Å². The molecule has 0 bridgehead atoms. The van der Waals surface area contributed by atoms with Gasteiger partial charge in [0.2, 0.25) is 15.9 Å². The molecule has 160 valence electrons. The van der Waals surface area contributed by atoms with Crippen molar-refractivity contribution in [2.24, 2.45) is 0 Å². The molecule has 1 aromatic carbocycles. The number of likely N-dealkylation sites (N-methyl/N-ethyl adjacent to an activating group) is 1. The predicted octanol–water partition coefficient (Wildman–Crippen LogP) is 1.13. The summed E-state index contributed by atoms with van der Waals surface area (Å²) in [6.07, 6.45) is 3.60. The zero-order chi connectivity index (χ0) is 21.8. The van der Waals surface area contributed by atoms with E-state index >= 15 is 0 Å². The lowest BCUT2D eigenvalue weighted by Crippen LogP contribution is -2.45. The van der Waals surface area contributed by atoms with Crippen LogP contribution in [0.4, 0.5) is 0 Å². The van der Waals surface area contributed by atoms with Gasteiger partial charge in [0.05, 0.1) is 21.3 Å². The first-order valence-electron chi connectivity index (χ1n) is 8.92. The van der Waals surface area contributed by atoms with Crippen LogP contribution in [0, 0.1) is 0 Å². The highest BCUT2D eigenvalue weighted by Crippen LogP contribution is 2.39. The van der Waals surface area contributed by atoms with Crippen molar-refractivity contribution in [3.63, 3.8) is 0 Å². The fourth-order valence-electron chi connectivity index (χ4n) is 3.17. The average molecular weight is 426 g/mol. The second-order valence-corrected chi connectivity index (χ2v) is 8.48. The van der Waals surface area contributed by atoms with E-state index < -0.39 is 22.0 Å². The van der Waals surface area contributed by atoms with Crippen molar-refractivity contribution in [2.75, 3.05) is 42.0 Å². The quantitative estimate of drug-likeness (QED) is 0.476. The molecule has 0 radical (unpaired) electrons. The van der Waals surface area contributed by atoms with Crippen LogP contribution in [-0.2, 0) is 24.3 Å². The molecule has 2 rings (SSSR count). The Morgan fingerprint density at radius 1 is 1.17 bits per heavy atom. The largest absolute Gasteiger partial charge is 0.493 e. The third kappa shape index (κ3) is 4.70. The van der Waals surface area contributed by atoms with Crippen LogP contribution in [0.15, 0.2) is 23.1 Å². The molecule has 1 heterocycles. The minimum Gasteiger partial charge on any atom is -0.493 e. The van der Waals surface area contributed by atoms with Crippen molar-refractivity contribution in [2.45, 2.75) is 23.8 Å². The fourth-order valence-corrected chi connectivity index (χ4v) is 5.02. The molecule has 1 aliphatic heterocycles. The van der Waals surface area contributed by atoms with Crippen molar-refractivity contribution in [1.82, 2.24) is 9.21 Å². The third-order valence-corrected chi connectivity index (χ3v) is 6.51. The van der Waals surface area contributed by atoms with E-state index in [1.807, 2.05) is 0 Å². The molecule has 1 saturated heterocycles. The van der Waals surface area contributed by atoms with E-state index in [0.29, 0.717) is 18.4 Å². The summed E-state index contributed by atoms with van der Waals surface area (Å²) in [6, 6.07) is 2.15. The van der Waals surface area contributed by atoms with Gasteiger partial charge in [-0.3, -0.25) is 4.79 Å². The van der Waals surface area contributed by atoms with Gasteiger partial charge in [-0.25, -0.2) is 13.2 Å². The molecule has 29 heavy (non-hydrogen) atoms. The lowest BCUT2D eigenvalue weighted by molar-refractivity contribution is -0.134. The van der Waals surface area contributed by atoms with Crippen LogP contribution >= 0.6 is 0 Å². The smallest absolute Gasteiger partial charge is 0.330 e. The van der Waals surface area contributed by atoms with Gasteiger partial charge in [0.15, 0.2) is 11.5 Å². The summed E-state index contributed by atoms with van der Waals surface area (Å²) in [6.45, 7) is 0.222. The van der Waals surface area contributed by atoms with Gasteiger partial charge >= 0.3 is 5.97 Å². The van der Waals surface area contributed by atoms with Crippen LogP contribution in [0.25, 0.3) is 6.08 Å². The predicted molar refractivity (Wildman–Crippen MR) is 106 cm³/mol. The molecule has 0 N–H and O–H groups in total. The number of hydrogen-bond acceptors (Lipinski definition) is 7. The number of carbonyl (C=O) groups is 2. The van der Waals surface area contributed by atoms with Gasteiger partial charge in [0, 0.05) is 26.7 Å². The normalized spacial score (nSPS) is 17.3. The Balaban J connectivity index is 2.59. The fraction of sp³-hybridized carbons (Fsp3) is 0.474. The molecule has 1 aliphatic rings. The Hall–Kier alpha value is -2.59. The van der Waals surface area contributed by atoms with Crippen molar-refractivity contribution in [3.8, 4) is 11.5 Å². The van der Waals surface area contributed by atoms with E-state index in [4.69, 9.17) is 9.47 Å². The summed E-state index contributed by atoms with van der Waals surface area (Å²) < 4.78 is 43.3. The lowest BCUT2D eigenvalue weighted by Gasteiger charge is -2.26. The molecule has 9 nitrogen and oxygen atoms in total. The minimum absolute atomic E-state index is 0.0330. The first-order chi connectivity index (χ1) is 13.7. The number of nitrogens with zero attached hydrogens (tertiary/aromatic N) is 2. The molecule has 1 fully saturated rings. The lowest BCUT2D eigenvalue weighted by atomic mass is 10.2. The minimum atomic E-state index is -4.08. The number of carbonyl (C=O) groups excluding carboxylic acids is 2. The SMILES string of the molecule is COC(=O)/C=C/c1cc(OC)c(OC)c(S(=O)(=O)N2CCCC2C(=O)N(C)C)c1. The van der Waals surface area contributed by atoms with Crippen LogP contribution < -0.4 is 9.47 Å². The first-order valence-corrected chi connectivity index (χ1v) is 10.4. The maximum Gasteiger partial charge on any atom is 0.330 e. The summed E-state index contributed by atoms with van der Waals surface area (Å²) in [4.78, 5) is 25.1. The first kappa shape index (κ1) is 22.7. The number of methoxy groups -OCH3 is 3. The molecule has 0 spiro atoms. The number of amides is 1. The third-order valence-electron chi connectivity index (χ3n) is 4.60. The summed E-state index contributed by atoms with van der Waals surface area (Å²) in [5.74, 6) is -0.641.